The molecule has 0 aromatic heterocycles. The second-order valence-electron chi connectivity index (χ2n) is 1.75. The zero-order chi connectivity index (χ0) is 6.69. The average molecular weight is 138 g/mol. The summed E-state index contributed by atoms with van der Waals surface area (Å²) in [6.07, 6.45) is 0. The third-order valence-electron chi connectivity index (χ3n) is 1.07. The Balaban J connectivity index is 2.85. The van der Waals surface area contributed by atoms with E-state index in [1.165, 1.54) is 0 Å². The van der Waals surface area contributed by atoms with Crippen molar-refractivity contribution >= 4 is 14.4 Å². The molecule has 3 N–H and O–H groups in total. The molecule has 0 unspecified atom stereocenters. The Morgan fingerprint density at radius 2 is 1.78 bits per heavy atom. The van der Waals surface area contributed by atoms with Crippen molar-refractivity contribution in [3.63, 3.8) is 0 Å². The molecule has 1 aromatic rings. The lowest BCUT2D eigenvalue weighted by Crippen LogP contribution is -2.39. The predicted octanol–water partition coefficient (Wildman–Crippen LogP) is -0.667. The highest BCUT2D eigenvalue weighted by Gasteiger charge is 2.01. The van der Waals surface area contributed by atoms with Gasteiger partial charge in [0, 0.05) is 0 Å². The van der Waals surface area contributed by atoms with Crippen molar-refractivity contribution in [2.75, 3.05) is 0 Å². The van der Waals surface area contributed by atoms with E-state index in [1.54, 1.807) is 0 Å². The number of nitrogens with two attached hydrogens (primary N) is 1. The monoisotopic (exact) mass is 138 g/mol. The maximum atomic E-state index is 8.90. The fourth-order valence-corrected chi connectivity index (χ4v) is 1.14. The molecule has 0 spiro atoms. The predicted molar refractivity (Wildman–Crippen MR) is 38.2 cm³/mol. The van der Waals surface area contributed by atoms with Gasteiger partial charge in [-0.1, -0.05) is 30.3 Å². The van der Waals surface area contributed by atoms with Crippen LogP contribution in [0.1, 0.15) is 0 Å². The van der Waals surface area contributed by atoms with Crippen molar-refractivity contribution in [2.45, 2.75) is 0 Å². The van der Waals surface area contributed by atoms with Crippen molar-refractivity contribution < 1.29 is 4.80 Å². The van der Waals surface area contributed by atoms with Gasteiger partial charge in [0.05, 0.1) is 0 Å². The first-order chi connectivity index (χ1) is 4.30. The van der Waals surface area contributed by atoms with E-state index < -0.39 is 9.20 Å². The lowest BCUT2D eigenvalue weighted by atomic mass is 10.4. The summed E-state index contributed by atoms with van der Waals surface area (Å²) >= 11 is 0. The van der Waals surface area contributed by atoms with E-state index in [-0.39, 0.29) is 0 Å². The van der Waals surface area contributed by atoms with Crippen LogP contribution in [0, 0.1) is 0 Å². The molecular weight excluding hydrogens is 130 g/mol. The van der Waals surface area contributed by atoms with E-state index in [4.69, 9.17) is 10.2 Å². The standard InChI is InChI=1S/C6H8NOSi/c7-9(8)6-4-2-1-3-5-6/h1-5,8H,7H2. The minimum atomic E-state index is -1.71. The van der Waals surface area contributed by atoms with Gasteiger partial charge < -0.3 is 10.2 Å². The van der Waals surface area contributed by atoms with Gasteiger partial charge in [-0.3, -0.25) is 0 Å². The molecule has 0 saturated heterocycles. The van der Waals surface area contributed by atoms with Crippen LogP contribution in [-0.4, -0.2) is 14.0 Å². The minimum absolute atomic E-state index is 0.850. The lowest BCUT2D eigenvalue weighted by Gasteiger charge is -1.96. The van der Waals surface area contributed by atoms with Gasteiger partial charge in [-0.05, 0) is 5.19 Å². The fourth-order valence-electron chi connectivity index (χ4n) is 0.609. The molecule has 0 fully saturated rings. The van der Waals surface area contributed by atoms with E-state index in [0.717, 1.165) is 5.19 Å². The molecule has 2 nitrogen and oxygen atoms in total. The van der Waals surface area contributed by atoms with Crippen LogP contribution in [0.15, 0.2) is 30.3 Å². The van der Waals surface area contributed by atoms with Crippen molar-refractivity contribution in [3.05, 3.63) is 30.3 Å². The van der Waals surface area contributed by atoms with Gasteiger partial charge in [-0.25, -0.2) is 0 Å². The van der Waals surface area contributed by atoms with E-state index in [1.807, 2.05) is 30.3 Å². The molecular formula is C6H8NOSi. The van der Waals surface area contributed by atoms with Crippen LogP contribution in [0.2, 0.25) is 0 Å². The van der Waals surface area contributed by atoms with Crippen LogP contribution in [0.3, 0.4) is 0 Å². The Labute approximate surface area is 55.7 Å². The molecule has 1 rings (SSSR count). The smallest absolute Gasteiger partial charge is 0.335 e. The molecule has 0 amide bonds. The Hall–Kier alpha value is -0.643. The van der Waals surface area contributed by atoms with Crippen LogP contribution < -0.4 is 10.6 Å². The third-order valence-corrected chi connectivity index (χ3v) is 1.99. The average Bonchev–Trinajstić information content (AvgIpc) is 1.90. The van der Waals surface area contributed by atoms with Crippen LogP contribution in [-0.2, 0) is 0 Å². The topological polar surface area (TPSA) is 46.2 Å². The summed E-state index contributed by atoms with van der Waals surface area (Å²) in [5.41, 5.74) is 0. The van der Waals surface area contributed by atoms with Gasteiger partial charge in [0.25, 0.3) is 0 Å². The van der Waals surface area contributed by atoms with Crippen LogP contribution >= 0.6 is 0 Å². The Kier molecular flexibility index (Phi) is 1.99. The Morgan fingerprint density at radius 3 is 2.11 bits per heavy atom. The molecule has 3 heteroatoms. The largest absolute Gasteiger partial charge is 0.416 e. The fraction of sp³-hybridized carbons (Fsp3) is 0. The van der Waals surface area contributed by atoms with Crippen LogP contribution in [0.25, 0.3) is 0 Å². The molecule has 47 valence electrons. The van der Waals surface area contributed by atoms with Gasteiger partial charge in [0.1, 0.15) is 0 Å². The van der Waals surface area contributed by atoms with Crippen molar-refractivity contribution in [2.24, 2.45) is 5.40 Å². The van der Waals surface area contributed by atoms with Gasteiger partial charge in [-0.2, -0.15) is 0 Å². The molecule has 0 heterocycles. The summed E-state index contributed by atoms with van der Waals surface area (Å²) in [7, 11) is -1.71. The van der Waals surface area contributed by atoms with E-state index in [0.29, 0.717) is 0 Å². The number of hydrogen-bond acceptors (Lipinski definition) is 2. The normalized spacial score (nSPS) is 10.1. The van der Waals surface area contributed by atoms with E-state index in [2.05, 4.69) is 0 Å². The zero-order valence-corrected chi connectivity index (χ0v) is 5.91. The Bertz CT molecular complexity index is 176. The highest BCUT2D eigenvalue weighted by molar-refractivity contribution is 6.62. The molecule has 0 atom stereocenters. The van der Waals surface area contributed by atoms with Crippen LogP contribution in [0.5, 0.6) is 0 Å². The lowest BCUT2D eigenvalue weighted by molar-refractivity contribution is 0.588. The highest BCUT2D eigenvalue weighted by atomic mass is 28.3. The molecule has 0 aliphatic carbocycles. The SMILES string of the molecule is N[Si](O)c1ccccc1. The molecule has 1 aromatic carbocycles. The second kappa shape index (κ2) is 2.77. The maximum absolute atomic E-state index is 8.90. The van der Waals surface area contributed by atoms with Crippen molar-refractivity contribution in [3.8, 4) is 0 Å². The summed E-state index contributed by atoms with van der Waals surface area (Å²) in [5, 5.41) is 6.12. The quantitative estimate of drug-likeness (QED) is 0.506. The third kappa shape index (κ3) is 1.64. The highest BCUT2D eigenvalue weighted by Crippen LogP contribution is 1.80. The summed E-state index contributed by atoms with van der Waals surface area (Å²) < 4.78 is 0. The van der Waals surface area contributed by atoms with E-state index >= 15 is 0 Å². The summed E-state index contributed by atoms with van der Waals surface area (Å²) in [6, 6.07) is 9.28. The molecule has 0 aliphatic heterocycles. The number of hydrogen-bond donors (Lipinski definition) is 2. The first-order valence-corrected chi connectivity index (χ1v) is 4.20. The van der Waals surface area contributed by atoms with Crippen molar-refractivity contribution in [1.82, 2.24) is 0 Å². The van der Waals surface area contributed by atoms with E-state index in [9.17, 15) is 0 Å². The van der Waals surface area contributed by atoms with Gasteiger partial charge in [0.15, 0.2) is 0 Å². The molecule has 0 bridgehead atoms. The molecule has 0 saturated carbocycles. The molecule has 9 heavy (non-hydrogen) atoms. The molecule has 0 aliphatic rings. The molecule has 1 radical (unpaired) electrons. The second-order valence-corrected chi connectivity index (χ2v) is 3.10. The summed E-state index contributed by atoms with van der Waals surface area (Å²) in [5.74, 6) is 0. The van der Waals surface area contributed by atoms with Gasteiger partial charge >= 0.3 is 9.20 Å². The maximum Gasteiger partial charge on any atom is 0.335 e. The Morgan fingerprint density at radius 1 is 1.22 bits per heavy atom. The van der Waals surface area contributed by atoms with Gasteiger partial charge in [0.2, 0.25) is 0 Å². The minimum Gasteiger partial charge on any atom is -0.416 e. The van der Waals surface area contributed by atoms with Gasteiger partial charge in [-0.15, -0.1) is 0 Å². The zero-order valence-electron chi connectivity index (χ0n) is 4.91. The first-order valence-electron chi connectivity index (χ1n) is 2.67. The number of rotatable bonds is 1. The van der Waals surface area contributed by atoms with Crippen molar-refractivity contribution in [1.29, 1.82) is 0 Å². The first kappa shape index (κ1) is 6.48. The van der Waals surface area contributed by atoms with Crippen LogP contribution in [0.4, 0.5) is 0 Å². The summed E-state index contributed by atoms with van der Waals surface area (Å²) in [4.78, 5) is 8.90. The summed E-state index contributed by atoms with van der Waals surface area (Å²) in [6.45, 7) is 0. The number of benzene rings is 1.